The third kappa shape index (κ3) is 6.90. The van der Waals surface area contributed by atoms with E-state index in [1.54, 1.807) is 6.92 Å². The molecule has 0 heterocycles. The maximum absolute atomic E-state index is 9.94. The fraction of sp³-hybridized carbons (Fsp3) is 0.500. The number of carbonyl (C=O) groups excluding carboxylic acids is 1. The standard InChI is InChI=1S/C4H10N4O/c1-3(5)2-7-8-4(6)9/h2-3H,5H2,1H3,(H3,6,8,9)/b7-2+. The van der Waals surface area contributed by atoms with Crippen LogP contribution in [0.5, 0.6) is 0 Å². The molecule has 0 bridgehead atoms. The van der Waals surface area contributed by atoms with E-state index in [1.807, 2.05) is 5.43 Å². The number of amides is 2. The quantitative estimate of drug-likeness (QED) is 0.330. The zero-order valence-corrected chi connectivity index (χ0v) is 5.16. The van der Waals surface area contributed by atoms with Crippen molar-refractivity contribution in [2.24, 2.45) is 16.6 Å². The van der Waals surface area contributed by atoms with E-state index in [0.717, 1.165) is 0 Å². The number of carbonyl (C=O) groups is 1. The van der Waals surface area contributed by atoms with E-state index in [0.29, 0.717) is 0 Å². The summed E-state index contributed by atoms with van der Waals surface area (Å²) in [5.74, 6) is 0. The number of hydrogen-bond donors (Lipinski definition) is 3. The van der Waals surface area contributed by atoms with Gasteiger partial charge in [0.1, 0.15) is 0 Å². The highest BCUT2D eigenvalue weighted by molar-refractivity contribution is 5.73. The van der Waals surface area contributed by atoms with Crippen LogP contribution in [0, 0.1) is 0 Å². The predicted octanol–water partition coefficient (Wildman–Crippen LogP) is -1.01. The Hall–Kier alpha value is -1.10. The zero-order valence-electron chi connectivity index (χ0n) is 5.16. The summed E-state index contributed by atoms with van der Waals surface area (Å²) in [5.41, 5.74) is 11.9. The van der Waals surface area contributed by atoms with Crippen LogP contribution in [0.15, 0.2) is 5.10 Å². The number of rotatable bonds is 2. The van der Waals surface area contributed by atoms with Gasteiger partial charge in [-0.25, -0.2) is 10.2 Å². The van der Waals surface area contributed by atoms with Crippen LogP contribution in [-0.2, 0) is 0 Å². The van der Waals surface area contributed by atoms with Gasteiger partial charge < -0.3 is 11.5 Å². The van der Waals surface area contributed by atoms with Crippen molar-refractivity contribution in [3.8, 4) is 0 Å². The first-order chi connectivity index (χ1) is 4.13. The number of hydrazone groups is 1. The average molecular weight is 130 g/mol. The van der Waals surface area contributed by atoms with Crippen molar-refractivity contribution in [1.82, 2.24) is 5.43 Å². The van der Waals surface area contributed by atoms with Crippen LogP contribution in [0.1, 0.15) is 6.92 Å². The number of nitrogens with zero attached hydrogens (tertiary/aromatic N) is 1. The molecular weight excluding hydrogens is 120 g/mol. The normalized spacial score (nSPS) is 13.6. The molecule has 0 fully saturated rings. The molecule has 0 aliphatic heterocycles. The van der Waals surface area contributed by atoms with Gasteiger partial charge in [-0.15, -0.1) is 0 Å². The van der Waals surface area contributed by atoms with E-state index in [9.17, 15) is 4.79 Å². The van der Waals surface area contributed by atoms with E-state index in [2.05, 4.69) is 10.8 Å². The fourth-order valence-electron chi connectivity index (χ4n) is 0.218. The van der Waals surface area contributed by atoms with Crippen LogP contribution in [0.25, 0.3) is 0 Å². The highest BCUT2D eigenvalue weighted by atomic mass is 16.2. The van der Waals surface area contributed by atoms with Crippen LogP contribution in [-0.4, -0.2) is 18.3 Å². The minimum Gasteiger partial charge on any atom is -0.350 e. The lowest BCUT2D eigenvalue weighted by Crippen LogP contribution is -2.26. The van der Waals surface area contributed by atoms with Gasteiger partial charge in [0.05, 0.1) is 0 Å². The summed E-state index contributed by atoms with van der Waals surface area (Å²) in [4.78, 5) is 9.94. The number of hydrogen-bond acceptors (Lipinski definition) is 3. The molecule has 0 saturated carbocycles. The van der Waals surface area contributed by atoms with Crippen LogP contribution in [0.3, 0.4) is 0 Å². The predicted molar refractivity (Wildman–Crippen MR) is 34.9 cm³/mol. The molecule has 0 aliphatic rings. The molecule has 5 N–H and O–H groups in total. The Balaban J connectivity index is 3.36. The van der Waals surface area contributed by atoms with Crippen LogP contribution in [0.4, 0.5) is 4.79 Å². The van der Waals surface area contributed by atoms with Gasteiger partial charge in [0.15, 0.2) is 0 Å². The summed E-state index contributed by atoms with van der Waals surface area (Å²) < 4.78 is 0. The molecule has 0 radical (unpaired) electrons. The smallest absolute Gasteiger partial charge is 0.332 e. The lowest BCUT2D eigenvalue weighted by Gasteiger charge is -1.92. The Morgan fingerprint density at radius 2 is 2.44 bits per heavy atom. The number of urea groups is 1. The van der Waals surface area contributed by atoms with Crippen LogP contribution >= 0.6 is 0 Å². The third-order valence-electron chi connectivity index (χ3n) is 0.484. The molecule has 0 aliphatic carbocycles. The number of primary amides is 1. The Labute approximate surface area is 53.1 Å². The molecule has 0 rings (SSSR count). The van der Waals surface area contributed by atoms with E-state index >= 15 is 0 Å². The van der Waals surface area contributed by atoms with E-state index in [-0.39, 0.29) is 6.04 Å². The summed E-state index contributed by atoms with van der Waals surface area (Å²) in [7, 11) is 0. The second-order valence-corrected chi connectivity index (χ2v) is 1.61. The first kappa shape index (κ1) is 7.90. The zero-order chi connectivity index (χ0) is 7.28. The van der Waals surface area contributed by atoms with Gasteiger partial charge in [-0.1, -0.05) is 0 Å². The topological polar surface area (TPSA) is 93.5 Å². The summed E-state index contributed by atoms with van der Waals surface area (Å²) in [6.45, 7) is 1.73. The molecule has 0 aromatic heterocycles. The summed E-state index contributed by atoms with van der Waals surface area (Å²) in [6.07, 6.45) is 1.38. The van der Waals surface area contributed by atoms with Gasteiger partial charge in [-0.05, 0) is 6.92 Å². The maximum atomic E-state index is 9.94. The van der Waals surface area contributed by atoms with Gasteiger partial charge in [0, 0.05) is 12.3 Å². The van der Waals surface area contributed by atoms with E-state index < -0.39 is 6.03 Å². The first-order valence-electron chi connectivity index (χ1n) is 2.47. The monoisotopic (exact) mass is 130 g/mol. The second kappa shape index (κ2) is 3.85. The average Bonchev–Trinajstić information content (AvgIpc) is 1.63. The van der Waals surface area contributed by atoms with E-state index in [4.69, 9.17) is 5.73 Å². The fourth-order valence-corrected chi connectivity index (χ4v) is 0.218. The Kier molecular flexibility index (Phi) is 3.38. The van der Waals surface area contributed by atoms with Crippen molar-refractivity contribution in [3.63, 3.8) is 0 Å². The van der Waals surface area contributed by atoms with Crippen molar-refractivity contribution in [1.29, 1.82) is 0 Å². The highest BCUT2D eigenvalue weighted by Gasteiger charge is 1.85. The molecule has 0 saturated heterocycles. The van der Waals surface area contributed by atoms with Gasteiger partial charge in [-0.2, -0.15) is 5.10 Å². The molecular formula is C4H10N4O. The van der Waals surface area contributed by atoms with Crippen molar-refractivity contribution in [2.45, 2.75) is 13.0 Å². The van der Waals surface area contributed by atoms with Gasteiger partial charge >= 0.3 is 6.03 Å². The molecule has 1 unspecified atom stereocenters. The van der Waals surface area contributed by atoms with Crippen molar-refractivity contribution in [2.75, 3.05) is 0 Å². The molecule has 5 heteroatoms. The highest BCUT2D eigenvalue weighted by Crippen LogP contribution is 1.64. The maximum Gasteiger partial charge on any atom is 0.332 e. The number of nitrogens with two attached hydrogens (primary N) is 2. The Bertz CT molecular complexity index is 120. The Morgan fingerprint density at radius 1 is 1.89 bits per heavy atom. The SMILES string of the molecule is CC(N)/C=N/NC(N)=O. The molecule has 5 nitrogen and oxygen atoms in total. The van der Waals surface area contributed by atoms with Crippen molar-refractivity contribution < 1.29 is 4.79 Å². The molecule has 1 atom stereocenters. The molecule has 9 heavy (non-hydrogen) atoms. The summed E-state index contributed by atoms with van der Waals surface area (Å²) in [6, 6.07) is -0.858. The van der Waals surface area contributed by atoms with Crippen molar-refractivity contribution in [3.05, 3.63) is 0 Å². The molecule has 0 aromatic carbocycles. The second-order valence-electron chi connectivity index (χ2n) is 1.61. The molecule has 52 valence electrons. The van der Waals surface area contributed by atoms with Crippen molar-refractivity contribution >= 4 is 12.2 Å². The van der Waals surface area contributed by atoms with E-state index in [1.165, 1.54) is 6.21 Å². The van der Waals surface area contributed by atoms with Crippen LogP contribution in [0.2, 0.25) is 0 Å². The summed E-state index contributed by atoms with van der Waals surface area (Å²) in [5, 5.41) is 3.40. The molecule has 0 spiro atoms. The summed E-state index contributed by atoms with van der Waals surface area (Å²) >= 11 is 0. The largest absolute Gasteiger partial charge is 0.350 e. The van der Waals surface area contributed by atoms with Gasteiger partial charge in [-0.3, -0.25) is 0 Å². The van der Waals surface area contributed by atoms with Gasteiger partial charge in [0.2, 0.25) is 0 Å². The lowest BCUT2D eigenvalue weighted by molar-refractivity contribution is 0.249. The third-order valence-corrected chi connectivity index (χ3v) is 0.484. The molecule has 0 aromatic rings. The minimum atomic E-state index is -0.688. The van der Waals surface area contributed by atoms with Gasteiger partial charge in [0.25, 0.3) is 0 Å². The minimum absolute atomic E-state index is 0.170. The Morgan fingerprint density at radius 3 is 2.78 bits per heavy atom. The first-order valence-corrected chi connectivity index (χ1v) is 2.47. The number of nitrogens with one attached hydrogen (secondary N) is 1. The molecule has 2 amide bonds. The van der Waals surface area contributed by atoms with Crippen LogP contribution < -0.4 is 16.9 Å². The lowest BCUT2D eigenvalue weighted by atomic mass is 10.4.